The maximum absolute atomic E-state index is 4.91. The predicted molar refractivity (Wildman–Crippen MR) is 132 cm³/mol. The van der Waals surface area contributed by atoms with Gasteiger partial charge < -0.3 is 5.32 Å². The summed E-state index contributed by atoms with van der Waals surface area (Å²) in [7, 11) is 0. The molecular weight excluding hydrogens is 412 g/mol. The average molecular weight is 447 g/mol. The number of benzene rings is 1. The molecule has 0 saturated carbocycles. The lowest BCUT2D eigenvalue weighted by Crippen LogP contribution is -2.45. The number of aryl methyl sites for hydroxylation is 3. The number of hydrogen-bond donors (Lipinski definition) is 2. The van der Waals surface area contributed by atoms with Crippen LogP contribution in [0, 0.1) is 13.8 Å². The van der Waals surface area contributed by atoms with Crippen LogP contribution < -0.4 is 5.32 Å². The molecule has 1 saturated heterocycles. The molecule has 2 N–H and O–H groups in total. The SMILES string of the molecule is Cc1n[nH]c(C)c1CCc1nc2c3ccccc3nc(NCCN3C(C)CCCC3C)n2n1. The highest BCUT2D eigenvalue weighted by molar-refractivity contribution is 5.92. The molecule has 4 heterocycles. The maximum Gasteiger partial charge on any atom is 0.226 e. The van der Waals surface area contributed by atoms with Gasteiger partial charge >= 0.3 is 0 Å². The molecule has 0 amide bonds. The van der Waals surface area contributed by atoms with Crippen molar-refractivity contribution in [3.8, 4) is 0 Å². The lowest BCUT2D eigenvalue weighted by molar-refractivity contribution is 0.109. The maximum atomic E-state index is 4.91. The van der Waals surface area contributed by atoms with E-state index in [4.69, 9.17) is 15.1 Å². The van der Waals surface area contributed by atoms with Crippen molar-refractivity contribution in [2.24, 2.45) is 0 Å². The van der Waals surface area contributed by atoms with Gasteiger partial charge in [0.1, 0.15) is 0 Å². The van der Waals surface area contributed by atoms with E-state index >= 15 is 0 Å². The van der Waals surface area contributed by atoms with Gasteiger partial charge in [-0.1, -0.05) is 18.6 Å². The summed E-state index contributed by atoms with van der Waals surface area (Å²) in [5.74, 6) is 1.59. The van der Waals surface area contributed by atoms with E-state index < -0.39 is 0 Å². The third-order valence-electron chi connectivity index (χ3n) is 7.13. The van der Waals surface area contributed by atoms with Crippen LogP contribution >= 0.6 is 0 Å². The molecule has 1 aromatic carbocycles. The Balaban J connectivity index is 1.40. The summed E-state index contributed by atoms with van der Waals surface area (Å²) in [5, 5.41) is 16.8. The van der Waals surface area contributed by atoms with Gasteiger partial charge in [-0.3, -0.25) is 10.00 Å². The van der Waals surface area contributed by atoms with E-state index in [-0.39, 0.29) is 0 Å². The number of rotatable bonds is 7. The topological polar surface area (TPSA) is 87.0 Å². The van der Waals surface area contributed by atoms with Crippen LogP contribution in [0.3, 0.4) is 0 Å². The minimum Gasteiger partial charge on any atom is -0.353 e. The van der Waals surface area contributed by atoms with Crippen LogP contribution in [-0.2, 0) is 12.8 Å². The Morgan fingerprint density at radius 3 is 2.61 bits per heavy atom. The minimum absolute atomic E-state index is 0.632. The van der Waals surface area contributed by atoms with E-state index in [0.29, 0.717) is 12.1 Å². The number of nitrogens with zero attached hydrogens (tertiary/aromatic N) is 6. The Hall–Kier alpha value is -3.00. The van der Waals surface area contributed by atoms with Crippen molar-refractivity contribution < 1.29 is 0 Å². The summed E-state index contributed by atoms with van der Waals surface area (Å²) in [6, 6.07) is 9.43. The van der Waals surface area contributed by atoms with Crippen LogP contribution in [0.25, 0.3) is 16.6 Å². The Morgan fingerprint density at radius 2 is 1.85 bits per heavy atom. The highest BCUT2D eigenvalue weighted by atomic mass is 15.4. The van der Waals surface area contributed by atoms with E-state index in [0.717, 1.165) is 65.6 Å². The molecule has 0 spiro atoms. The molecule has 0 aliphatic carbocycles. The molecule has 33 heavy (non-hydrogen) atoms. The molecule has 8 nitrogen and oxygen atoms in total. The monoisotopic (exact) mass is 446 g/mol. The van der Waals surface area contributed by atoms with Crippen molar-refractivity contribution in [1.29, 1.82) is 0 Å². The number of anilines is 1. The highest BCUT2D eigenvalue weighted by Crippen LogP contribution is 2.23. The Labute approximate surface area is 194 Å². The van der Waals surface area contributed by atoms with Crippen molar-refractivity contribution in [3.63, 3.8) is 0 Å². The van der Waals surface area contributed by atoms with Gasteiger partial charge in [-0.2, -0.15) is 9.61 Å². The first kappa shape index (κ1) is 21.8. The van der Waals surface area contributed by atoms with Gasteiger partial charge in [0.25, 0.3) is 0 Å². The van der Waals surface area contributed by atoms with E-state index in [2.05, 4.69) is 47.3 Å². The van der Waals surface area contributed by atoms with Crippen LogP contribution in [-0.4, -0.2) is 59.9 Å². The fourth-order valence-corrected chi connectivity index (χ4v) is 5.21. The number of fused-ring (bicyclic) bond motifs is 3. The predicted octanol–water partition coefficient (Wildman–Crippen LogP) is 4.08. The highest BCUT2D eigenvalue weighted by Gasteiger charge is 2.24. The van der Waals surface area contributed by atoms with Gasteiger partial charge in [0.2, 0.25) is 5.95 Å². The summed E-state index contributed by atoms with van der Waals surface area (Å²) >= 11 is 0. The zero-order valence-electron chi connectivity index (χ0n) is 20.1. The van der Waals surface area contributed by atoms with Crippen LogP contribution in [0.4, 0.5) is 5.95 Å². The molecule has 3 aromatic heterocycles. The largest absolute Gasteiger partial charge is 0.353 e. The van der Waals surface area contributed by atoms with E-state index in [1.807, 2.05) is 29.6 Å². The fraction of sp³-hybridized carbons (Fsp3) is 0.520. The quantitative estimate of drug-likeness (QED) is 0.445. The second-order valence-electron chi connectivity index (χ2n) is 9.42. The minimum atomic E-state index is 0.632. The summed E-state index contributed by atoms with van der Waals surface area (Å²) in [5.41, 5.74) is 5.21. The number of aromatic amines is 1. The second kappa shape index (κ2) is 9.09. The van der Waals surface area contributed by atoms with Gasteiger partial charge in [-0.15, -0.1) is 5.10 Å². The van der Waals surface area contributed by atoms with Crippen LogP contribution in [0.2, 0.25) is 0 Å². The molecule has 5 rings (SSSR count). The summed E-state index contributed by atoms with van der Waals surface area (Å²) in [4.78, 5) is 12.4. The first-order valence-corrected chi connectivity index (χ1v) is 12.2. The zero-order chi connectivity index (χ0) is 22.9. The standard InChI is InChI=1S/C25H34N8/c1-16-8-7-9-17(2)32(16)15-14-26-25-27-22-11-6-5-10-21(22)24-28-23(31-33(24)25)13-12-20-18(3)29-30-19(20)4/h5-6,10-11,16-17H,7-9,12-15H2,1-4H3,(H,26,27)(H,29,30). The van der Waals surface area contributed by atoms with Crippen LogP contribution in [0.5, 0.6) is 0 Å². The lowest BCUT2D eigenvalue weighted by Gasteiger charge is -2.39. The summed E-state index contributed by atoms with van der Waals surface area (Å²) in [6.07, 6.45) is 5.53. The molecular formula is C25H34N8. The van der Waals surface area contributed by atoms with Crippen LogP contribution in [0.1, 0.15) is 55.9 Å². The smallest absolute Gasteiger partial charge is 0.226 e. The Morgan fingerprint density at radius 1 is 1.06 bits per heavy atom. The molecule has 1 fully saturated rings. The molecule has 8 heteroatoms. The van der Waals surface area contributed by atoms with E-state index in [1.165, 1.54) is 24.8 Å². The number of aromatic nitrogens is 6. The van der Waals surface area contributed by atoms with E-state index in [9.17, 15) is 0 Å². The third kappa shape index (κ3) is 4.31. The summed E-state index contributed by atoms with van der Waals surface area (Å²) < 4.78 is 1.88. The summed E-state index contributed by atoms with van der Waals surface area (Å²) in [6.45, 7) is 10.6. The van der Waals surface area contributed by atoms with E-state index in [1.54, 1.807) is 0 Å². The van der Waals surface area contributed by atoms with Crippen molar-refractivity contribution in [3.05, 3.63) is 47.0 Å². The van der Waals surface area contributed by atoms with Gasteiger partial charge in [-0.25, -0.2) is 9.97 Å². The van der Waals surface area contributed by atoms with Gasteiger partial charge in [0.05, 0.1) is 11.2 Å². The number of H-pyrrole nitrogens is 1. The number of piperidine rings is 1. The molecule has 1 aliphatic rings. The molecule has 0 bridgehead atoms. The Bertz CT molecular complexity index is 1230. The van der Waals surface area contributed by atoms with Gasteiger partial charge in [0.15, 0.2) is 11.5 Å². The molecule has 1 aliphatic heterocycles. The van der Waals surface area contributed by atoms with Crippen molar-refractivity contribution in [2.75, 3.05) is 18.4 Å². The fourth-order valence-electron chi connectivity index (χ4n) is 5.21. The average Bonchev–Trinajstić information content (AvgIpc) is 3.37. The lowest BCUT2D eigenvalue weighted by atomic mass is 9.98. The normalized spacial score (nSPS) is 19.5. The Kier molecular flexibility index (Phi) is 6.01. The molecule has 2 unspecified atom stereocenters. The molecule has 174 valence electrons. The van der Waals surface area contributed by atoms with Crippen molar-refractivity contribution >= 4 is 22.5 Å². The second-order valence-corrected chi connectivity index (χ2v) is 9.42. The van der Waals surface area contributed by atoms with Crippen molar-refractivity contribution in [2.45, 2.75) is 71.9 Å². The number of para-hydroxylation sites is 1. The zero-order valence-corrected chi connectivity index (χ0v) is 20.1. The first-order chi connectivity index (χ1) is 16.0. The number of likely N-dealkylation sites (tertiary alicyclic amines) is 1. The number of nitrogens with one attached hydrogen (secondary N) is 2. The van der Waals surface area contributed by atoms with Gasteiger partial charge in [-0.05, 0) is 64.7 Å². The third-order valence-corrected chi connectivity index (χ3v) is 7.13. The first-order valence-electron chi connectivity index (χ1n) is 12.2. The molecule has 4 aromatic rings. The van der Waals surface area contributed by atoms with Crippen molar-refractivity contribution in [1.82, 2.24) is 34.7 Å². The molecule has 0 radical (unpaired) electrons. The molecule has 2 atom stereocenters. The van der Waals surface area contributed by atoms with Crippen LogP contribution in [0.15, 0.2) is 24.3 Å². The van der Waals surface area contributed by atoms with Gasteiger partial charge in [0, 0.05) is 42.7 Å². The number of hydrogen-bond acceptors (Lipinski definition) is 6.